The second-order valence-corrected chi connectivity index (χ2v) is 5.24. The molecule has 0 saturated heterocycles. The molecule has 0 radical (unpaired) electrons. The Labute approximate surface area is 114 Å². The SMILES string of the molecule is COCc1ccc(C(=O)N[C@@H](C)c2nc(C)no2)s1. The Morgan fingerprint density at radius 3 is 3.00 bits per heavy atom. The summed E-state index contributed by atoms with van der Waals surface area (Å²) in [6.07, 6.45) is 0. The maximum absolute atomic E-state index is 12.0. The van der Waals surface area contributed by atoms with Gasteiger partial charge in [-0.1, -0.05) is 5.16 Å². The van der Waals surface area contributed by atoms with E-state index in [9.17, 15) is 4.79 Å². The molecule has 0 saturated carbocycles. The first kappa shape index (κ1) is 13.7. The van der Waals surface area contributed by atoms with Gasteiger partial charge < -0.3 is 14.6 Å². The van der Waals surface area contributed by atoms with Gasteiger partial charge in [0, 0.05) is 12.0 Å². The number of carbonyl (C=O) groups is 1. The van der Waals surface area contributed by atoms with Crippen molar-refractivity contribution in [2.45, 2.75) is 26.5 Å². The van der Waals surface area contributed by atoms with Crippen LogP contribution in [-0.2, 0) is 11.3 Å². The van der Waals surface area contributed by atoms with Crippen LogP contribution in [0, 0.1) is 6.92 Å². The van der Waals surface area contributed by atoms with Crippen LogP contribution in [0.15, 0.2) is 16.7 Å². The van der Waals surface area contributed by atoms with E-state index in [2.05, 4.69) is 15.5 Å². The van der Waals surface area contributed by atoms with Gasteiger partial charge in [-0.3, -0.25) is 4.79 Å². The van der Waals surface area contributed by atoms with Gasteiger partial charge in [-0.25, -0.2) is 0 Å². The molecule has 0 bridgehead atoms. The van der Waals surface area contributed by atoms with E-state index in [1.807, 2.05) is 6.07 Å². The highest BCUT2D eigenvalue weighted by Gasteiger charge is 2.17. The van der Waals surface area contributed by atoms with Crippen LogP contribution in [0.1, 0.15) is 39.2 Å². The van der Waals surface area contributed by atoms with Gasteiger partial charge in [-0.05, 0) is 26.0 Å². The predicted octanol–water partition coefficient (Wildman–Crippen LogP) is 2.08. The molecule has 102 valence electrons. The fourth-order valence-electron chi connectivity index (χ4n) is 1.54. The Morgan fingerprint density at radius 1 is 1.58 bits per heavy atom. The fourth-order valence-corrected chi connectivity index (χ4v) is 2.42. The highest BCUT2D eigenvalue weighted by atomic mass is 32.1. The minimum Gasteiger partial charge on any atom is -0.379 e. The van der Waals surface area contributed by atoms with Gasteiger partial charge in [-0.2, -0.15) is 4.98 Å². The van der Waals surface area contributed by atoms with Crippen LogP contribution in [0.4, 0.5) is 0 Å². The van der Waals surface area contributed by atoms with E-state index >= 15 is 0 Å². The molecule has 2 heterocycles. The van der Waals surface area contributed by atoms with Gasteiger partial charge in [-0.15, -0.1) is 11.3 Å². The number of rotatable bonds is 5. The lowest BCUT2D eigenvalue weighted by molar-refractivity contribution is 0.0936. The zero-order valence-electron chi connectivity index (χ0n) is 11.0. The summed E-state index contributed by atoms with van der Waals surface area (Å²) in [6.45, 7) is 4.04. The molecule has 1 N–H and O–H groups in total. The molecule has 19 heavy (non-hydrogen) atoms. The van der Waals surface area contributed by atoms with E-state index < -0.39 is 0 Å². The monoisotopic (exact) mass is 281 g/mol. The lowest BCUT2D eigenvalue weighted by atomic mass is 10.3. The highest BCUT2D eigenvalue weighted by Crippen LogP contribution is 2.18. The molecular formula is C12H15N3O3S. The Bertz CT molecular complexity index is 564. The van der Waals surface area contributed by atoms with E-state index in [-0.39, 0.29) is 11.9 Å². The second-order valence-electron chi connectivity index (χ2n) is 4.07. The van der Waals surface area contributed by atoms with Crippen molar-refractivity contribution >= 4 is 17.2 Å². The summed E-state index contributed by atoms with van der Waals surface area (Å²) in [5.41, 5.74) is 0. The van der Waals surface area contributed by atoms with Crippen molar-refractivity contribution < 1.29 is 14.1 Å². The molecule has 2 aromatic heterocycles. The molecule has 0 aliphatic rings. The quantitative estimate of drug-likeness (QED) is 0.908. The summed E-state index contributed by atoms with van der Waals surface area (Å²) in [7, 11) is 1.62. The molecule has 1 atom stereocenters. The number of aromatic nitrogens is 2. The molecule has 2 aromatic rings. The maximum atomic E-state index is 12.0. The number of thiophene rings is 1. The van der Waals surface area contributed by atoms with Crippen molar-refractivity contribution in [2.75, 3.05) is 7.11 Å². The summed E-state index contributed by atoms with van der Waals surface area (Å²) in [6, 6.07) is 3.34. The first-order valence-corrected chi connectivity index (χ1v) is 6.60. The molecule has 0 spiro atoms. The largest absolute Gasteiger partial charge is 0.379 e. The van der Waals surface area contributed by atoms with E-state index in [0.29, 0.717) is 23.2 Å². The van der Waals surface area contributed by atoms with Crippen LogP contribution in [0.25, 0.3) is 0 Å². The van der Waals surface area contributed by atoms with Crippen molar-refractivity contribution in [1.82, 2.24) is 15.5 Å². The van der Waals surface area contributed by atoms with E-state index in [1.54, 1.807) is 27.0 Å². The Morgan fingerprint density at radius 2 is 2.37 bits per heavy atom. The first-order chi connectivity index (χ1) is 9.10. The van der Waals surface area contributed by atoms with Crippen LogP contribution in [0.5, 0.6) is 0 Å². The van der Waals surface area contributed by atoms with Crippen LogP contribution in [0.3, 0.4) is 0 Å². The number of aryl methyl sites for hydroxylation is 1. The zero-order valence-corrected chi connectivity index (χ0v) is 11.8. The molecule has 0 aliphatic carbocycles. The lowest BCUT2D eigenvalue weighted by Crippen LogP contribution is -2.26. The van der Waals surface area contributed by atoms with Gasteiger partial charge >= 0.3 is 0 Å². The number of carbonyl (C=O) groups excluding carboxylic acids is 1. The minimum absolute atomic E-state index is 0.157. The summed E-state index contributed by atoms with van der Waals surface area (Å²) < 4.78 is 10.0. The van der Waals surface area contributed by atoms with Gasteiger partial charge in [0.05, 0.1) is 11.5 Å². The summed E-state index contributed by atoms with van der Waals surface area (Å²) in [4.78, 5) is 17.7. The number of methoxy groups -OCH3 is 1. The molecule has 1 amide bonds. The van der Waals surface area contributed by atoms with Crippen molar-refractivity contribution in [3.8, 4) is 0 Å². The Hall–Kier alpha value is -1.73. The highest BCUT2D eigenvalue weighted by molar-refractivity contribution is 7.14. The number of ether oxygens (including phenoxy) is 1. The van der Waals surface area contributed by atoms with Gasteiger partial charge in [0.2, 0.25) is 5.89 Å². The van der Waals surface area contributed by atoms with Crippen LogP contribution in [-0.4, -0.2) is 23.2 Å². The van der Waals surface area contributed by atoms with E-state index in [4.69, 9.17) is 9.26 Å². The lowest BCUT2D eigenvalue weighted by Gasteiger charge is -2.08. The molecule has 0 aromatic carbocycles. The topological polar surface area (TPSA) is 77.2 Å². The van der Waals surface area contributed by atoms with Gasteiger partial charge in [0.15, 0.2) is 5.82 Å². The number of amides is 1. The normalized spacial score (nSPS) is 12.4. The Kier molecular flexibility index (Phi) is 4.28. The van der Waals surface area contributed by atoms with Crippen LogP contribution < -0.4 is 5.32 Å². The zero-order chi connectivity index (χ0) is 13.8. The summed E-state index contributed by atoms with van der Waals surface area (Å²) >= 11 is 1.40. The number of nitrogens with zero attached hydrogens (tertiary/aromatic N) is 2. The smallest absolute Gasteiger partial charge is 0.261 e. The van der Waals surface area contributed by atoms with Crippen LogP contribution in [0.2, 0.25) is 0 Å². The third-order valence-corrected chi connectivity index (χ3v) is 3.49. The second kappa shape index (κ2) is 5.94. The summed E-state index contributed by atoms with van der Waals surface area (Å²) in [5.74, 6) is 0.796. The van der Waals surface area contributed by atoms with Crippen molar-refractivity contribution in [3.63, 3.8) is 0 Å². The average molecular weight is 281 g/mol. The minimum atomic E-state index is -0.318. The summed E-state index contributed by atoms with van der Waals surface area (Å²) in [5, 5.41) is 6.51. The van der Waals surface area contributed by atoms with E-state index in [1.165, 1.54) is 11.3 Å². The fraction of sp³-hybridized carbons (Fsp3) is 0.417. The van der Waals surface area contributed by atoms with Crippen molar-refractivity contribution in [2.24, 2.45) is 0 Å². The van der Waals surface area contributed by atoms with Crippen molar-refractivity contribution in [1.29, 1.82) is 0 Å². The number of hydrogen-bond acceptors (Lipinski definition) is 6. The molecule has 0 unspecified atom stereocenters. The number of nitrogens with one attached hydrogen (secondary N) is 1. The standard InChI is InChI=1S/C12H15N3O3S/c1-7(12-14-8(2)15-18-12)13-11(16)10-5-4-9(19-10)6-17-3/h4-5,7H,6H2,1-3H3,(H,13,16)/t7-/m0/s1. The molecule has 2 rings (SSSR count). The Balaban J connectivity index is 1.99. The van der Waals surface area contributed by atoms with E-state index in [0.717, 1.165) is 4.88 Å². The molecular weight excluding hydrogens is 266 g/mol. The molecule has 0 fully saturated rings. The van der Waals surface area contributed by atoms with Crippen LogP contribution >= 0.6 is 11.3 Å². The molecule has 6 nitrogen and oxygen atoms in total. The first-order valence-electron chi connectivity index (χ1n) is 5.79. The number of hydrogen-bond donors (Lipinski definition) is 1. The predicted molar refractivity (Wildman–Crippen MR) is 69.9 cm³/mol. The van der Waals surface area contributed by atoms with Gasteiger partial charge in [0.25, 0.3) is 5.91 Å². The van der Waals surface area contributed by atoms with Crippen molar-refractivity contribution in [3.05, 3.63) is 33.6 Å². The maximum Gasteiger partial charge on any atom is 0.261 e. The molecule has 7 heteroatoms. The van der Waals surface area contributed by atoms with Gasteiger partial charge in [0.1, 0.15) is 6.04 Å². The molecule has 0 aliphatic heterocycles. The third kappa shape index (κ3) is 3.39. The third-order valence-electron chi connectivity index (χ3n) is 2.43. The average Bonchev–Trinajstić information content (AvgIpc) is 2.98.